The molecule has 0 bridgehead atoms. The molecule has 0 aliphatic carbocycles. The van der Waals surface area contributed by atoms with Gasteiger partial charge in [-0.25, -0.2) is 15.0 Å². The number of aromatic nitrogens is 3. The maximum absolute atomic E-state index is 6.67. The van der Waals surface area contributed by atoms with E-state index in [1.54, 1.807) is 0 Å². The number of nitrogens with zero attached hydrogens (tertiary/aromatic N) is 3. The van der Waals surface area contributed by atoms with Gasteiger partial charge in [0.05, 0.1) is 0 Å². The summed E-state index contributed by atoms with van der Waals surface area (Å²) in [5, 5.41) is 8.51. The van der Waals surface area contributed by atoms with Gasteiger partial charge in [-0.3, -0.25) is 0 Å². The van der Waals surface area contributed by atoms with Gasteiger partial charge in [0.25, 0.3) is 0 Å². The van der Waals surface area contributed by atoms with Crippen LogP contribution in [-0.2, 0) is 0 Å². The minimum absolute atomic E-state index is 0.574. The number of fused-ring (bicyclic) bond motifs is 9. The number of rotatable bonds is 5. The Hall–Kier alpha value is -7.89. The molecule has 9 aromatic carbocycles. The summed E-state index contributed by atoms with van der Waals surface area (Å²) >= 11 is 0. The molecule has 0 unspecified atom stereocenters. The molecule has 0 radical (unpaired) electrons. The number of hydrogen-bond donors (Lipinski definition) is 0. The van der Waals surface area contributed by atoms with Crippen molar-refractivity contribution in [1.29, 1.82) is 0 Å². The van der Waals surface area contributed by atoms with Crippen molar-refractivity contribution in [2.45, 2.75) is 0 Å². The number of benzene rings is 9. The first-order valence-electron chi connectivity index (χ1n) is 19.4. The van der Waals surface area contributed by atoms with E-state index in [1.165, 1.54) is 11.1 Å². The van der Waals surface area contributed by atoms with Gasteiger partial charge < -0.3 is 8.83 Å². The molecule has 5 heteroatoms. The van der Waals surface area contributed by atoms with Gasteiger partial charge in [0.2, 0.25) is 0 Å². The predicted molar refractivity (Wildman–Crippen MR) is 237 cm³/mol. The Labute approximate surface area is 332 Å². The minimum atomic E-state index is 0.574. The van der Waals surface area contributed by atoms with E-state index in [0.29, 0.717) is 17.5 Å². The molecule has 0 amide bonds. The molecule has 12 rings (SSSR count). The molecule has 0 aliphatic heterocycles. The van der Waals surface area contributed by atoms with Crippen LogP contribution in [0.1, 0.15) is 0 Å². The summed E-state index contributed by atoms with van der Waals surface area (Å²) in [5.74, 6) is 1.76. The normalized spacial score (nSPS) is 11.8. The Kier molecular flexibility index (Phi) is 7.16. The van der Waals surface area contributed by atoms with Crippen molar-refractivity contribution in [3.63, 3.8) is 0 Å². The maximum Gasteiger partial charge on any atom is 0.164 e. The van der Waals surface area contributed by atoms with Crippen LogP contribution < -0.4 is 0 Å². The Balaban J connectivity index is 1.09. The standard InChI is InChI=1S/C53H31N3O2/c1-3-12-32(13-4-1)34-24-25-36-31-37(27-26-35(36)30-34)51-54-52(41-19-10-18-40-39(41)28-29-47-48(40)42-16-7-8-22-45(42)57-47)56-53(55-51)44-21-11-23-46-49(44)43-20-9-17-38(50(43)58-46)33-14-5-2-6-15-33/h1-31H. The summed E-state index contributed by atoms with van der Waals surface area (Å²) in [6.45, 7) is 0. The topological polar surface area (TPSA) is 65.0 Å². The molecule has 0 N–H and O–H groups in total. The fraction of sp³-hybridized carbons (Fsp3) is 0. The highest BCUT2D eigenvalue weighted by molar-refractivity contribution is 6.21. The predicted octanol–water partition coefficient (Wildman–Crippen LogP) is 14.3. The van der Waals surface area contributed by atoms with E-state index in [9.17, 15) is 0 Å². The Bertz CT molecular complexity index is 3570. The van der Waals surface area contributed by atoms with Crippen LogP contribution in [0.5, 0.6) is 0 Å². The van der Waals surface area contributed by atoms with Crippen molar-refractivity contribution in [3.05, 3.63) is 188 Å². The van der Waals surface area contributed by atoms with Gasteiger partial charge >= 0.3 is 0 Å². The lowest BCUT2D eigenvalue weighted by atomic mass is 9.98. The fourth-order valence-corrected chi connectivity index (χ4v) is 8.60. The lowest BCUT2D eigenvalue weighted by Gasteiger charge is -2.12. The lowest BCUT2D eigenvalue weighted by Crippen LogP contribution is -2.01. The fourth-order valence-electron chi connectivity index (χ4n) is 8.60. The first kappa shape index (κ1) is 32.4. The second kappa shape index (κ2) is 12.8. The highest BCUT2D eigenvalue weighted by atomic mass is 16.3. The summed E-state index contributed by atoms with van der Waals surface area (Å²) in [5.41, 5.74) is 10.5. The Morgan fingerprint density at radius 2 is 0.879 bits per heavy atom. The molecule has 0 aliphatic rings. The zero-order chi connectivity index (χ0) is 38.2. The maximum atomic E-state index is 6.67. The van der Waals surface area contributed by atoms with Crippen molar-refractivity contribution in [2.24, 2.45) is 0 Å². The monoisotopic (exact) mass is 741 g/mol. The van der Waals surface area contributed by atoms with Crippen LogP contribution in [0.15, 0.2) is 197 Å². The quantitative estimate of drug-likeness (QED) is 0.176. The van der Waals surface area contributed by atoms with E-state index in [1.807, 2.05) is 36.4 Å². The van der Waals surface area contributed by atoms with Crippen LogP contribution in [0.25, 0.3) is 122 Å². The van der Waals surface area contributed by atoms with Gasteiger partial charge in [0.15, 0.2) is 17.5 Å². The highest BCUT2D eigenvalue weighted by Gasteiger charge is 2.21. The Morgan fingerprint density at radius 3 is 1.71 bits per heavy atom. The summed E-state index contributed by atoms with van der Waals surface area (Å²) in [6.07, 6.45) is 0. The van der Waals surface area contributed by atoms with E-state index >= 15 is 0 Å². The zero-order valence-electron chi connectivity index (χ0n) is 31.1. The van der Waals surface area contributed by atoms with Gasteiger partial charge in [-0.15, -0.1) is 0 Å². The van der Waals surface area contributed by atoms with Crippen molar-refractivity contribution >= 4 is 65.4 Å². The third kappa shape index (κ3) is 5.14. The van der Waals surface area contributed by atoms with Crippen molar-refractivity contribution in [3.8, 4) is 56.4 Å². The van der Waals surface area contributed by atoms with E-state index in [4.69, 9.17) is 23.8 Å². The number of hydrogen-bond acceptors (Lipinski definition) is 5. The summed E-state index contributed by atoms with van der Waals surface area (Å²) < 4.78 is 12.9. The SMILES string of the molecule is c1ccc(-c2ccc3cc(-c4nc(-c5cccc6c5ccc5oc7ccccc7c56)nc(-c5cccc6oc7c(-c8ccccc8)cccc7c56)n4)ccc3c2)cc1. The van der Waals surface area contributed by atoms with Crippen LogP contribution in [0.4, 0.5) is 0 Å². The van der Waals surface area contributed by atoms with Crippen LogP contribution in [0.3, 0.4) is 0 Å². The molecule has 0 saturated heterocycles. The van der Waals surface area contributed by atoms with Gasteiger partial charge in [-0.1, -0.05) is 152 Å². The molecule has 270 valence electrons. The molecule has 0 atom stereocenters. The van der Waals surface area contributed by atoms with E-state index < -0.39 is 0 Å². The smallest absolute Gasteiger partial charge is 0.164 e. The number of furan rings is 2. The summed E-state index contributed by atoms with van der Waals surface area (Å²) in [6, 6.07) is 65.1. The van der Waals surface area contributed by atoms with Crippen molar-refractivity contribution < 1.29 is 8.83 Å². The van der Waals surface area contributed by atoms with Crippen molar-refractivity contribution in [2.75, 3.05) is 0 Å². The second-order valence-corrected chi connectivity index (χ2v) is 14.7. The zero-order valence-corrected chi connectivity index (χ0v) is 31.1. The van der Waals surface area contributed by atoms with Gasteiger partial charge in [-0.05, 0) is 74.6 Å². The molecule has 5 nitrogen and oxygen atoms in total. The lowest BCUT2D eigenvalue weighted by molar-refractivity contribution is 0.669. The van der Waals surface area contributed by atoms with Crippen molar-refractivity contribution in [1.82, 2.24) is 15.0 Å². The largest absolute Gasteiger partial charge is 0.456 e. The van der Waals surface area contributed by atoms with E-state index in [2.05, 4.69) is 152 Å². The van der Waals surface area contributed by atoms with Crippen LogP contribution in [-0.4, -0.2) is 15.0 Å². The number of para-hydroxylation sites is 2. The Morgan fingerprint density at radius 1 is 0.293 bits per heavy atom. The average molecular weight is 742 g/mol. The average Bonchev–Trinajstić information content (AvgIpc) is 3.88. The third-order valence-electron chi connectivity index (χ3n) is 11.3. The summed E-state index contributed by atoms with van der Waals surface area (Å²) in [7, 11) is 0. The van der Waals surface area contributed by atoms with E-state index in [0.717, 1.165) is 93.2 Å². The van der Waals surface area contributed by atoms with Crippen LogP contribution in [0.2, 0.25) is 0 Å². The third-order valence-corrected chi connectivity index (χ3v) is 11.3. The molecular weight excluding hydrogens is 711 g/mol. The van der Waals surface area contributed by atoms with Crippen LogP contribution in [0, 0.1) is 0 Å². The molecule has 3 aromatic heterocycles. The van der Waals surface area contributed by atoms with Gasteiger partial charge in [0.1, 0.15) is 22.3 Å². The molecule has 3 heterocycles. The summed E-state index contributed by atoms with van der Waals surface area (Å²) in [4.78, 5) is 15.9. The molecule has 0 fully saturated rings. The van der Waals surface area contributed by atoms with Gasteiger partial charge in [0, 0.05) is 43.8 Å². The molecule has 0 spiro atoms. The van der Waals surface area contributed by atoms with Gasteiger partial charge in [-0.2, -0.15) is 0 Å². The minimum Gasteiger partial charge on any atom is -0.456 e. The molecular formula is C53H31N3O2. The first-order valence-corrected chi connectivity index (χ1v) is 19.4. The molecule has 0 saturated carbocycles. The van der Waals surface area contributed by atoms with E-state index in [-0.39, 0.29) is 0 Å². The molecule has 12 aromatic rings. The van der Waals surface area contributed by atoms with Crippen LogP contribution >= 0.6 is 0 Å². The first-order chi connectivity index (χ1) is 28.7. The molecule has 58 heavy (non-hydrogen) atoms. The second-order valence-electron chi connectivity index (χ2n) is 14.7. The highest BCUT2D eigenvalue weighted by Crippen LogP contribution is 2.42.